The first-order chi connectivity index (χ1) is 9.66. The van der Waals surface area contributed by atoms with Gasteiger partial charge in [-0.1, -0.05) is 30.3 Å². The Kier molecular flexibility index (Phi) is 3.47. The van der Waals surface area contributed by atoms with Crippen molar-refractivity contribution in [3.8, 4) is 0 Å². The Morgan fingerprint density at radius 3 is 2.30 bits per heavy atom. The van der Waals surface area contributed by atoms with Crippen LogP contribution in [0.1, 0.15) is 37.3 Å². The number of benzene rings is 1. The molecule has 0 aromatic heterocycles. The highest BCUT2D eigenvalue weighted by atomic mass is 16.4. The van der Waals surface area contributed by atoms with E-state index in [0.717, 1.165) is 13.0 Å². The Morgan fingerprint density at radius 1 is 1.05 bits per heavy atom. The Labute approximate surface area is 118 Å². The molecule has 1 saturated heterocycles. The van der Waals surface area contributed by atoms with Crippen molar-refractivity contribution in [2.75, 3.05) is 6.54 Å². The third-order valence-corrected chi connectivity index (χ3v) is 4.62. The molecular formula is C16H19NO3. The summed E-state index contributed by atoms with van der Waals surface area (Å²) < 4.78 is 0. The standard InChI is InChI=1S/C16H19NO3/c18-15(12-6-7-13(10-12)16(19)20)17-9-8-14(17)11-4-2-1-3-5-11/h1-5,12-14H,6-10H2,(H,19,20)/t12-,13+,14?/m0/s1. The number of carbonyl (C=O) groups excluding carboxylic acids is 1. The third kappa shape index (κ3) is 2.30. The summed E-state index contributed by atoms with van der Waals surface area (Å²) in [4.78, 5) is 25.4. The average molecular weight is 273 g/mol. The van der Waals surface area contributed by atoms with Crippen LogP contribution >= 0.6 is 0 Å². The quantitative estimate of drug-likeness (QED) is 0.920. The van der Waals surface area contributed by atoms with Crippen LogP contribution in [0.15, 0.2) is 30.3 Å². The lowest BCUT2D eigenvalue weighted by atomic mass is 9.92. The lowest BCUT2D eigenvalue weighted by Crippen LogP contribution is -2.47. The predicted octanol–water partition coefficient (Wildman–Crippen LogP) is 2.46. The van der Waals surface area contributed by atoms with Crippen molar-refractivity contribution in [2.24, 2.45) is 11.8 Å². The van der Waals surface area contributed by atoms with Crippen LogP contribution in [0.2, 0.25) is 0 Å². The number of hydrogen-bond acceptors (Lipinski definition) is 2. The maximum absolute atomic E-state index is 12.5. The van der Waals surface area contributed by atoms with Crippen molar-refractivity contribution in [1.82, 2.24) is 4.90 Å². The lowest BCUT2D eigenvalue weighted by Gasteiger charge is -2.42. The van der Waals surface area contributed by atoms with E-state index in [1.54, 1.807) is 0 Å². The van der Waals surface area contributed by atoms with E-state index in [9.17, 15) is 9.59 Å². The number of likely N-dealkylation sites (tertiary alicyclic amines) is 1. The highest BCUT2D eigenvalue weighted by Crippen LogP contribution is 2.39. The van der Waals surface area contributed by atoms with Crippen LogP contribution in [0.3, 0.4) is 0 Å². The summed E-state index contributed by atoms with van der Waals surface area (Å²) in [6.45, 7) is 0.798. The molecule has 4 heteroatoms. The molecule has 106 valence electrons. The molecule has 2 fully saturated rings. The van der Waals surface area contributed by atoms with Gasteiger partial charge in [-0.25, -0.2) is 0 Å². The predicted molar refractivity (Wildman–Crippen MR) is 74.0 cm³/mol. The molecule has 1 heterocycles. The summed E-state index contributed by atoms with van der Waals surface area (Å²) in [5, 5.41) is 9.03. The minimum absolute atomic E-state index is 0.0948. The Hall–Kier alpha value is -1.84. The van der Waals surface area contributed by atoms with E-state index in [4.69, 9.17) is 5.11 Å². The normalized spacial score (nSPS) is 29.0. The van der Waals surface area contributed by atoms with E-state index in [-0.39, 0.29) is 23.8 Å². The summed E-state index contributed by atoms with van der Waals surface area (Å²) in [6.07, 6.45) is 2.86. The number of hydrogen-bond donors (Lipinski definition) is 1. The third-order valence-electron chi connectivity index (χ3n) is 4.62. The van der Waals surface area contributed by atoms with Gasteiger partial charge >= 0.3 is 5.97 Å². The van der Waals surface area contributed by atoms with Crippen LogP contribution in [0.5, 0.6) is 0 Å². The van der Waals surface area contributed by atoms with Crippen molar-refractivity contribution in [1.29, 1.82) is 0 Å². The molecule has 4 nitrogen and oxygen atoms in total. The van der Waals surface area contributed by atoms with Gasteiger partial charge < -0.3 is 10.0 Å². The van der Waals surface area contributed by atoms with Crippen molar-refractivity contribution in [2.45, 2.75) is 31.7 Å². The second-order valence-electron chi connectivity index (χ2n) is 5.79. The van der Waals surface area contributed by atoms with Gasteiger partial charge in [0.25, 0.3) is 0 Å². The van der Waals surface area contributed by atoms with E-state index in [0.29, 0.717) is 19.3 Å². The van der Waals surface area contributed by atoms with E-state index in [1.165, 1.54) is 5.56 Å². The summed E-state index contributed by atoms with van der Waals surface area (Å²) in [6, 6.07) is 10.3. The van der Waals surface area contributed by atoms with Crippen LogP contribution in [-0.2, 0) is 9.59 Å². The van der Waals surface area contributed by atoms with E-state index in [1.807, 2.05) is 23.1 Å². The first-order valence-electron chi connectivity index (χ1n) is 7.25. The molecule has 20 heavy (non-hydrogen) atoms. The SMILES string of the molecule is O=C(O)[C@@H]1CC[C@H](C(=O)N2CCC2c2ccccc2)C1. The molecule has 1 aliphatic heterocycles. The van der Waals surface area contributed by atoms with Gasteiger partial charge in [0.1, 0.15) is 0 Å². The van der Waals surface area contributed by atoms with Gasteiger partial charge in [0.2, 0.25) is 5.91 Å². The summed E-state index contributed by atoms with van der Waals surface area (Å²) in [5.41, 5.74) is 1.18. The lowest BCUT2D eigenvalue weighted by molar-refractivity contribution is -0.144. The Balaban J connectivity index is 1.65. The van der Waals surface area contributed by atoms with Gasteiger partial charge in [-0.15, -0.1) is 0 Å². The fourth-order valence-corrected chi connectivity index (χ4v) is 3.34. The topological polar surface area (TPSA) is 57.6 Å². The second kappa shape index (κ2) is 5.27. The molecule has 2 aliphatic rings. The van der Waals surface area contributed by atoms with Gasteiger partial charge in [-0.05, 0) is 31.2 Å². The van der Waals surface area contributed by atoms with Crippen LogP contribution in [0, 0.1) is 11.8 Å². The van der Waals surface area contributed by atoms with Gasteiger partial charge in [0.15, 0.2) is 0 Å². The molecule has 3 rings (SSSR count). The smallest absolute Gasteiger partial charge is 0.306 e. The van der Waals surface area contributed by atoms with Crippen LogP contribution in [0.25, 0.3) is 0 Å². The van der Waals surface area contributed by atoms with E-state index in [2.05, 4.69) is 12.1 Å². The van der Waals surface area contributed by atoms with Crippen molar-refractivity contribution < 1.29 is 14.7 Å². The zero-order valence-electron chi connectivity index (χ0n) is 11.4. The molecule has 1 saturated carbocycles. The zero-order chi connectivity index (χ0) is 14.1. The Bertz CT molecular complexity index is 514. The number of carboxylic acid groups (broad SMARTS) is 1. The molecule has 1 unspecified atom stereocenters. The minimum atomic E-state index is -0.761. The highest BCUT2D eigenvalue weighted by molar-refractivity contribution is 5.82. The van der Waals surface area contributed by atoms with Crippen molar-refractivity contribution in [3.63, 3.8) is 0 Å². The highest BCUT2D eigenvalue weighted by Gasteiger charge is 2.40. The minimum Gasteiger partial charge on any atom is -0.481 e. The molecule has 1 aromatic rings. The largest absolute Gasteiger partial charge is 0.481 e. The molecule has 0 radical (unpaired) electrons. The first kappa shape index (κ1) is 13.2. The van der Waals surface area contributed by atoms with Crippen molar-refractivity contribution >= 4 is 11.9 Å². The summed E-state index contributed by atoms with van der Waals surface area (Å²) in [7, 11) is 0. The van der Waals surface area contributed by atoms with E-state index >= 15 is 0 Å². The maximum Gasteiger partial charge on any atom is 0.306 e. The van der Waals surface area contributed by atoms with Crippen molar-refractivity contribution in [3.05, 3.63) is 35.9 Å². The molecule has 0 bridgehead atoms. The molecule has 0 spiro atoms. The number of nitrogens with zero attached hydrogens (tertiary/aromatic N) is 1. The molecule has 1 aliphatic carbocycles. The van der Waals surface area contributed by atoms with Gasteiger partial charge in [-0.3, -0.25) is 9.59 Å². The van der Waals surface area contributed by atoms with Crippen LogP contribution < -0.4 is 0 Å². The fraction of sp³-hybridized carbons (Fsp3) is 0.500. The Morgan fingerprint density at radius 2 is 1.75 bits per heavy atom. The molecule has 1 amide bonds. The molecular weight excluding hydrogens is 254 g/mol. The first-order valence-corrected chi connectivity index (χ1v) is 7.25. The van der Waals surface area contributed by atoms with Gasteiger partial charge in [0, 0.05) is 12.5 Å². The van der Waals surface area contributed by atoms with Crippen LogP contribution in [-0.4, -0.2) is 28.4 Å². The van der Waals surface area contributed by atoms with Crippen LogP contribution in [0.4, 0.5) is 0 Å². The number of amides is 1. The second-order valence-corrected chi connectivity index (χ2v) is 5.79. The number of rotatable bonds is 3. The molecule has 1 aromatic carbocycles. The fourth-order valence-electron chi connectivity index (χ4n) is 3.34. The average Bonchev–Trinajstić information content (AvgIpc) is 2.88. The molecule has 1 N–H and O–H groups in total. The maximum atomic E-state index is 12.5. The molecule has 3 atom stereocenters. The monoisotopic (exact) mass is 273 g/mol. The summed E-state index contributed by atoms with van der Waals surface area (Å²) in [5.74, 6) is -1.04. The van der Waals surface area contributed by atoms with Gasteiger partial charge in [-0.2, -0.15) is 0 Å². The number of carboxylic acids is 1. The van der Waals surface area contributed by atoms with E-state index < -0.39 is 5.97 Å². The summed E-state index contributed by atoms with van der Waals surface area (Å²) >= 11 is 0. The number of carbonyl (C=O) groups is 2. The zero-order valence-corrected chi connectivity index (χ0v) is 11.4. The van der Waals surface area contributed by atoms with Gasteiger partial charge in [0.05, 0.1) is 12.0 Å². The number of aliphatic carboxylic acids is 1.